The van der Waals surface area contributed by atoms with Crippen molar-refractivity contribution in [3.05, 3.63) is 11.8 Å². The second-order valence-electron chi connectivity index (χ2n) is 2.41. The quantitative estimate of drug-likeness (QED) is 0.571. The van der Waals surface area contributed by atoms with Gasteiger partial charge in [0.25, 0.3) is 0 Å². The van der Waals surface area contributed by atoms with Crippen molar-refractivity contribution in [2.45, 2.75) is 25.4 Å². The summed E-state index contributed by atoms with van der Waals surface area (Å²) in [6.07, 6.45) is 5.54. The zero-order valence-corrected chi connectivity index (χ0v) is 5.76. The third-order valence-electron chi connectivity index (χ3n) is 1.73. The van der Waals surface area contributed by atoms with Crippen LogP contribution in [0.25, 0.3) is 0 Å². The Balaban J connectivity index is 2.36. The number of hydrogen-bond acceptors (Lipinski definition) is 2. The van der Waals surface area contributed by atoms with E-state index in [1.54, 1.807) is 7.11 Å². The highest BCUT2D eigenvalue weighted by atomic mass is 16.5. The van der Waals surface area contributed by atoms with Crippen molar-refractivity contribution in [3.63, 3.8) is 0 Å². The molecule has 0 spiro atoms. The Kier molecular flexibility index (Phi) is 2.11. The van der Waals surface area contributed by atoms with Gasteiger partial charge in [-0.15, -0.1) is 0 Å². The summed E-state index contributed by atoms with van der Waals surface area (Å²) in [5.74, 6) is 0. The maximum atomic E-state index is 5.56. The SMILES string of the molecule is COC1CC=C(N)CC1. The molecule has 1 aliphatic carbocycles. The van der Waals surface area contributed by atoms with Crippen LogP contribution in [0.5, 0.6) is 0 Å². The molecule has 0 aromatic rings. The minimum Gasteiger partial charge on any atom is -0.402 e. The van der Waals surface area contributed by atoms with Gasteiger partial charge >= 0.3 is 0 Å². The van der Waals surface area contributed by atoms with Crippen molar-refractivity contribution in [2.24, 2.45) is 5.73 Å². The highest BCUT2D eigenvalue weighted by Gasteiger charge is 2.10. The summed E-state index contributed by atoms with van der Waals surface area (Å²) < 4.78 is 5.14. The molecule has 0 aromatic heterocycles. The predicted octanol–water partition coefficient (Wildman–Crippen LogP) is 1.03. The summed E-state index contributed by atoms with van der Waals surface area (Å²) >= 11 is 0. The van der Waals surface area contributed by atoms with Crippen LogP contribution in [-0.2, 0) is 4.74 Å². The van der Waals surface area contributed by atoms with Gasteiger partial charge < -0.3 is 10.5 Å². The number of allylic oxidation sites excluding steroid dienone is 1. The monoisotopic (exact) mass is 127 g/mol. The first-order valence-corrected chi connectivity index (χ1v) is 3.30. The fraction of sp³-hybridized carbons (Fsp3) is 0.714. The molecule has 0 fully saturated rings. The molecular weight excluding hydrogens is 114 g/mol. The molecule has 0 saturated heterocycles. The second kappa shape index (κ2) is 2.87. The lowest BCUT2D eigenvalue weighted by molar-refractivity contribution is 0.0939. The van der Waals surface area contributed by atoms with Crippen molar-refractivity contribution in [1.82, 2.24) is 0 Å². The average molecular weight is 127 g/mol. The molecule has 0 aromatic carbocycles. The Morgan fingerprint density at radius 2 is 2.56 bits per heavy atom. The van der Waals surface area contributed by atoms with Gasteiger partial charge in [-0.05, 0) is 19.3 Å². The van der Waals surface area contributed by atoms with Gasteiger partial charge in [0.05, 0.1) is 6.10 Å². The normalized spacial score (nSPS) is 27.7. The first-order valence-electron chi connectivity index (χ1n) is 3.30. The Labute approximate surface area is 55.7 Å². The van der Waals surface area contributed by atoms with E-state index in [1.165, 1.54) is 0 Å². The van der Waals surface area contributed by atoms with Crippen LogP contribution in [0.1, 0.15) is 19.3 Å². The van der Waals surface area contributed by atoms with Gasteiger partial charge in [0.1, 0.15) is 0 Å². The molecule has 0 radical (unpaired) electrons. The summed E-state index contributed by atoms with van der Waals surface area (Å²) in [5, 5.41) is 0. The maximum absolute atomic E-state index is 5.56. The summed E-state index contributed by atoms with van der Waals surface area (Å²) in [6, 6.07) is 0. The lowest BCUT2D eigenvalue weighted by Gasteiger charge is -2.17. The van der Waals surface area contributed by atoms with Crippen molar-refractivity contribution in [1.29, 1.82) is 0 Å². The molecule has 0 bridgehead atoms. The molecule has 2 heteroatoms. The molecule has 1 atom stereocenters. The molecule has 52 valence electrons. The minimum atomic E-state index is 0.414. The molecule has 2 N–H and O–H groups in total. The van der Waals surface area contributed by atoms with Crippen molar-refractivity contribution in [2.75, 3.05) is 7.11 Å². The van der Waals surface area contributed by atoms with Gasteiger partial charge in [-0.1, -0.05) is 6.08 Å². The fourth-order valence-electron chi connectivity index (χ4n) is 1.04. The molecule has 0 heterocycles. The first-order chi connectivity index (χ1) is 4.33. The van der Waals surface area contributed by atoms with Crippen molar-refractivity contribution in [3.8, 4) is 0 Å². The van der Waals surface area contributed by atoms with Gasteiger partial charge in [0, 0.05) is 12.8 Å². The molecule has 1 unspecified atom stereocenters. The van der Waals surface area contributed by atoms with E-state index in [9.17, 15) is 0 Å². The van der Waals surface area contributed by atoms with E-state index >= 15 is 0 Å². The molecule has 2 nitrogen and oxygen atoms in total. The van der Waals surface area contributed by atoms with Crippen LogP contribution in [0.15, 0.2) is 11.8 Å². The van der Waals surface area contributed by atoms with Crippen molar-refractivity contribution < 1.29 is 4.74 Å². The molecule has 0 saturated carbocycles. The van der Waals surface area contributed by atoms with Crippen LogP contribution >= 0.6 is 0 Å². The first kappa shape index (κ1) is 6.62. The highest BCUT2D eigenvalue weighted by Crippen LogP contribution is 2.15. The molecule has 0 aliphatic heterocycles. The Morgan fingerprint density at radius 1 is 1.78 bits per heavy atom. The standard InChI is InChI=1S/C7H13NO/c1-9-7-4-2-6(8)3-5-7/h2,7H,3-5,8H2,1H3. The lowest BCUT2D eigenvalue weighted by atomic mass is 10.0. The van der Waals surface area contributed by atoms with Gasteiger partial charge in [0.15, 0.2) is 0 Å². The third-order valence-corrected chi connectivity index (χ3v) is 1.73. The number of nitrogens with two attached hydrogens (primary N) is 1. The zero-order chi connectivity index (χ0) is 6.69. The average Bonchev–Trinajstić information content (AvgIpc) is 1.90. The van der Waals surface area contributed by atoms with E-state index in [0.717, 1.165) is 25.0 Å². The Hall–Kier alpha value is -0.500. The van der Waals surface area contributed by atoms with E-state index in [2.05, 4.69) is 6.08 Å². The lowest BCUT2D eigenvalue weighted by Crippen LogP contribution is -2.16. The minimum absolute atomic E-state index is 0.414. The second-order valence-corrected chi connectivity index (χ2v) is 2.41. The van der Waals surface area contributed by atoms with Gasteiger partial charge in [-0.2, -0.15) is 0 Å². The molecule has 9 heavy (non-hydrogen) atoms. The van der Waals surface area contributed by atoms with Crippen LogP contribution in [-0.4, -0.2) is 13.2 Å². The number of ether oxygens (including phenoxy) is 1. The largest absolute Gasteiger partial charge is 0.402 e. The summed E-state index contributed by atoms with van der Waals surface area (Å²) in [6.45, 7) is 0. The predicted molar refractivity (Wildman–Crippen MR) is 36.9 cm³/mol. The summed E-state index contributed by atoms with van der Waals surface area (Å²) in [4.78, 5) is 0. The van der Waals surface area contributed by atoms with Crippen LogP contribution in [0.3, 0.4) is 0 Å². The number of rotatable bonds is 1. The summed E-state index contributed by atoms with van der Waals surface area (Å²) in [5.41, 5.74) is 6.57. The maximum Gasteiger partial charge on any atom is 0.0610 e. The molecule has 1 aliphatic rings. The fourth-order valence-corrected chi connectivity index (χ4v) is 1.04. The Morgan fingerprint density at radius 3 is 3.00 bits per heavy atom. The van der Waals surface area contributed by atoms with E-state index in [-0.39, 0.29) is 0 Å². The van der Waals surface area contributed by atoms with E-state index in [0.29, 0.717) is 6.10 Å². The van der Waals surface area contributed by atoms with E-state index < -0.39 is 0 Å². The van der Waals surface area contributed by atoms with Crippen LogP contribution in [0.4, 0.5) is 0 Å². The van der Waals surface area contributed by atoms with Crippen molar-refractivity contribution >= 4 is 0 Å². The van der Waals surface area contributed by atoms with Crippen LogP contribution < -0.4 is 5.73 Å². The van der Waals surface area contributed by atoms with Gasteiger partial charge in [-0.25, -0.2) is 0 Å². The van der Waals surface area contributed by atoms with E-state index in [4.69, 9.17) is 10.5 Å². The van der Waals surface area contributed by atoms with E-state index in [1.807, 2.05) is 0 Å². The van der Waals surface area contributed by atoms with Crippen LogP contribution in [0, 0.1) is 0 Å². The molecule has 0 amide bonds. The molecular formula is C7H13NO. The Bertz CT molecular complexity index is 120. The smallest absolute Gasteiger partial charge is 0.0610 e. The molecule has 1 rings (SSSR count). The third kappa shape index (κ3) is 1.72. The summed E-state index contributed by atoms with van der Waals surface area (Å²) in [7, 11) is 1.75. The van der Waals surface area contributed by atoms with Crippen LogP contribution in [0.2, 0.25) is 0 Å². The number of methoxy groups -OCH3 is 1. The number of hydrogen-bond donors (Lipinski definition) is 1. The topological polar surface area (TPSA) is 35.2 Å². The van der Waals surface area contributed by atoms with Gasteiger partial charge in [-0.3, -0.25) is 0 Å². The van der Waals surface area contributed by atoms with Gasteiger partial charge in [0.2, 0.25) is 0 Å². The zero-order valence-electron chi connectivity index (χ0n) is 5.76. The highest BCUT2D eigenvalue weighted by molar-refractivity contribution is 5.01.